The molecule has 2 saturated heterocycles. The molecule has 0 aliphatic carbocycles. The summed E-state index contributed by atoms with van der Waals surface area (Å²) in [6.07, 6.45) is 3.43. The molecule has 2 aliphatic rings. The molecule has 2 N–H and O–H groups in total. The Morgan fingerprint density at radius 3 is 2.47 bits per heavy atom. The molecule has 3 nitrogen and oxygen atoms in total. The lowest BCUT2D eigenvalue weighted by Crippen LogP contribution is -2.63. The quantitative estimate of drug-likeness (QED) is 0.733. The van der Waals surface area contributed by atoms with Gasteiger partial charge in [0.2, 0.25) is 0 Å². The Labute approximate surface area is 92.8 Å². The summed E-state index contributed by atoms with van der Waals surface area (Å²) in [4.78, 5) is 2.25. The van der Waals surface area contributed by atoms with Gasteiger partial charge in [0.15, 0.2) is 0 Å². The van der Waals surface area contributed by atoms with Gasteiger partial charge in [0.1, 0.15) is 6.23 Å². The highest BCUT2D eigenvalue weighted by Gasteiger charge is 2.45. The Morgan fingerprint density at radius 1 is 1.33 bits per heavy atom. The van der Waals surface area contributed by atoms with Crippen LogP contribution < -0.4 is 5.32 Å². The summed E-state index contributed by atoms with van der Waals surface area (Å²) in [6, 6.07) is 0. The smallest absolute Gasteiger partial charge is 0.109 e. The first kappa shape index (κ1) is 11.4. The fraction of sp³-hybridized carbons (Fsp3) is 1.00. The average Bonchev–Trinajstić information content (AvgIpc) is 2.25. The standard InChI is InChI=1S/C12H24N2O/c1-3-10(2)11(15)14-8-12(9-14)4-6-13-7-5-12/h10-11,13,15H,3-9H2,1-2H3. The van der Waals surface area contributed by atoms with Crippen LogP contribution in [0.5, 0.6) is 0 Å². The van der Waals surface area contributed by atoms with Gasteiger partial charge in [0, 0.05) is 13.1 Å². The van der Waals surface area contributed by atoms with Crippen LogP contribution in [-0.2, 0) is 0 Å². The molecule has 15 heavy (non-hydrogen) atoms. The van der Waals surface area contributed by atoms with Gasteiger partial charge < -0.3 is 10.4 Å². The summed E-state index contributed by atoms with van der Waals surface area (Å²) in [5.74, 6) is 0.407. The molecule has 0 radical (unpaired) electrons. The second-order valence-corrected chi connectivity index (χ2v) is 5.45. The summed E-state index contributed by atoms with van der Waals surface area (Å²) in [5.41, 5.74) is 0.541. The first-order valence-corrected chi connectivity index (χ1v) is 6.30. The fourth-order valence-corrected chi connectivity index (χ4v) is 2.85. The highest BCUT2D eigenvalue weighted by Crippen LogP contribution is 2.40. The van der Waals surface area contributed by atoms with Crippen LogP contribution in [0.1, 0.15) is 33.1 Å². The van der Waals surface area contributed by atoms with Crippen LogP contribution in [-0.4, -0.2) is 42.4 Å². The van der Waals surface area contributed by atoms with Crippen LogP contribution in [0.15, 0.2) is 0 Å². The Hall–Kier alpha value is -0.120. The molecular formula is C12H24N2O. The first-order chi connectivity index (χ1) is 7.17. The molecular weight excluding hydrogens is 188 g/mol. The van der Waals surface area contributed by atoms with Gasteiger partial charge in [-0.05, 0) is 43.7 Å². The topological polar surface area (TPSA) is 35.5 Å². The minimum Gasteiger partial charge on any atom is -0.378 e. The maximum Gasteiger partial charge on any atom is 0.109 e. The molecule has 0 aromatic heterocycles. The zero-order chi connectivity index (χ0) is 10.9. The van der Waals surface area contributed by atoms with E-state index in [-0.39, 0.29) is 6.23 Å². The molecule has 3 heteroatoms. The van der Waals surface area contributed by atoms with Crippen molar-refractivity contribution in [3.8, 4) is 0 Å². The number of rotatable bonds is 3. The summed E-state index contributed by atoms with van der Waals surface area (Å²) in [5, 5.41) is 13.5. The lowest BCUT2D eigenvalue weighted by atomic mass is 9.72. The third-order valence-corrected chi connectivity index (χ3v) is 4.27. The number of hydrogen-bond donors (Lipinski definition) is 2. The lowest BCUT2D eigenvalue weighted by molar-refractivity contribution is -0.140. The molecule has 2 rings (SSSR count). The zero-order valence-corrected chi connectivity index (χ0v) is 10.00. The summed E-state index contributed by atoms with van der Waals surface area (Å²) in [7, 11) is 0. The fourth-order valence-electron chi connectivity index (χ4n) is 2.85. The predicted molar refractivity (Wildman–Crippen MR) is 61.6 cm³/mol. The molecule has 2 heterocycles. The van der Waals surface area contributed by atoms with E-state index in [1.165, 1.54) is 12.8 Å². The van der Waals surface area contributed by atoms with Gasteiger partial charge in [0.25, 0.3) is 0 Å². The highest BCUT2D eigenvalue weighted by atomic mass is 16.3. The van der Waals surface area contributed by atoms with Gasteiger partial charge in [-0.15, -0.1) is 0 Å². The Balaban J connectivity index is 1.81. The maximum absolute atomic E-state index is 10.1. The normalized spacial score (nSPS) is 29.8. The molecule has 0 bridgehead atoms. The molecule has 2 atom stereocenters. The molecule has 0 aromatic rings. The van der Waals surface area contributed by atoms with Gasteiger partial charge in [-0.3, -0.25) is 4.90 Å². The first-order valence-electron chi connectivity index (χ1n) is 6.30. The van der Waals surface area contributed by atoms with E-state index in [1.54, 1.807) is 0 Å². The minimum absolute atomic E-state index is 0.212. The molecule has 0 saturated carbocycles. The molecule has 2 aliphatic heterocycles. The van der Waals surface area contributed by atoms with E-state index in [4.69, 9.17) is 0 Å². The zero-order valence-electron chi connectivity index (χ0n) is 10.00. The summed E-state index contributed by atoms with van der Waals surface area (Å²) in [6.45, 7) is 8.83. The molecule has 2 fully saturated rings. The Morgan fingerprint density at radius 2 is 1.93 bits per heavy atom. The van der Waals surface area contributed by atoms with Crippen LogP contribution in [0.2, 0.25) is 0 Å². The van der Waals surface area contributed by atoms with Crippen molar-refractivity contribution < 1.29 is 5.11 Å². The van der Waals surface area contributed by atoms with E-state index in [1.807, 2.05) is 0 Å². The number of nitrogens with one attached hydrogen (secondary N) is 1. The van der Waals surface area contributed by atoms with Crippen LogP contribution in [0.4, 0.5) is 0 Å². The van der Waals surface area contributed by atoms with E-state index >= 15 is 0 Å². The average molecular weight is 212 g/mol. The minimum atomic E-state index is -0.212. The number of aliphatic hydroxyl groups excluding tert-OH is 1. The third-order valence-electron chi connectivity index (χ3n) is 4.27. The van der Waals surface area contributed by atoms with Gasteiger partial charge in [0.05, 0.1) is 0 Å². The van der Waals surface area contributed by atoms with Crippen LogP contribution in [0.25, 0.3) is 0 Å². The molecule has 0 amide bonds. The molecule has 0 aromatic carbocycles. The van der Waals surface area contributed by atoms with Crippen molar-refractivity contribution in [3.63, 3.8) is 0 Å². The highest BCUT2D eigenvalue weighted by molar-refractivity contribution is 4.98. The monoisotopic (exact) mass is 212 g/mol. The SMILES string of the molecule is CCC(C)C(O)N1CC2(CCNCC2)C1. The second kappa shape index (κ2) is 4.40. The van der Waals surface area contributed by atoms with Crippen LogP contribution in [0.3, 0.4) is 0 Å². The largest absolute Gasteiger partial charge is 0.378 e. The van der Waals surface area contributed by atoms with E-state index in [0.717, 1.165) is 32.6 Å². The van der Waals surface area contributed by atoms with Crippen LogP contribution >= 0.6 is 0 Å². The van der Waals surface area contributed by atoms with E-state index < -0.39 is 0 Å². The van der Waals surface area contributed by atoms with Crippen molar-refractivity contribution in [2.75, 3.05) is 26.2 Å². The molecule has 88 valence electrons. The number of hydrogen-bond acceptors (Lipinski definition) is 3. The van der Waals surface area contributed by atoms with Gasteiger partial charge in [-0.25, -0.2) is 0 Å². The maximum atomic E-state index is 10.1. The van der Waals surface area contributed by atoms with Crippen molar-refractivity contribution in [1.29, 1.82) is 0 Å². The van der Waals surface area contributed by atoms with E-state index in [9.17, 15) is 5.11 Å². The lowest BCUT2D eigenvalue weighted by Gasteiger charge is -2.55. The van der Waals surface area contributed by atoms with Crippen LogP contribution in [0, 0.1) is 11.3 Å². The van der Waals surface area contributed by atoms with Crippen molar-refractivity contribution in [1.82, 2.24) is 10.2 Å². The van der Waals surface area contributed by atoms with Gasteiger partial charge >= 0.3 is 0 Å². The molecule has 2 unspecified atom stereocenters. The molecule has 1 spiro atoms. The van der Waals surface area contributed by atoms with Crippen molar-refractivity contribution in [2.45, 2.75) is 39.3 Å². The van der Waals surface area contributed by atoms with Gasteiger partial charge in [-0.1, -0.05) is 13.8 Å². The predicted octanol–water partition coefficient (Wildman–Crippen LogP) is 1.04. The van der Waals surface area contributed by atoms with E-state index in [0.29, 0.717) is 11.3 Å². The number of nitrogens with zero attached hydrogens (tertiary/aromatic N) is 1. The van der Waals surface area contributed by atoms with Crippen molar-refractivity contribution >= 4 is 0 Å². The van der Waals surface area contributed by atoms with Gasteiger partial charge in [-0.2, -0.15) is 0 Å². The second-order valence-electron chi connectivity index (χ2n) is 5.45. The van der Waals surface area contributed by atoms with E-state index in [2.05, 4.69) is 24.1 Å². The summed E-state index contributed by atoms with van der Waals surface area (Å²) < 4.78 is 0. The Kier molecular flexibility index (Phi) is 3.33. The summed E-state index contributed by atoms with van der Waals surface area (Å²) >= 11 is 0. The van der Waals surface area contributed by atoms with Crippen molar-refractivity contribution in [2.24, 2.45) is 11.3 Å². The number of piperidine rings is 1. The third kappa shape index (κ3) is 2.19. The van der Waals surface area contributed by atoms with Crippen molar-refractivity contribution in [3.05, 3.63) is 0 Å². The number of likely N-dealkylation sites (tertiary alicyclic amines) is 1. The number of aliphatic hydroxyl groups is 1. The Bertz CT molecular complexity index is 206.